The molecule has 1 heterocycles. The van der Waals surface area contributed by atoms with Crippen LogP contribution >= 0.6 is 0 Å². The van der Waals surface area contributed by atoms with Crippen LogP contribution in [0.3, 0.4) is 0 Å². The lowest BCUT2D eigenvalue weighted by molar-refractivity contribution is 0.204. The summed E-state index contributed by atoms with van der Waals surface area (Å²) in [5.41, 5.74) is 1.48. The first-order valence-electron chi connectivity index (χ1n) is 7.41. The molecule has 0 saturated carbocycles. The van der Waals surface area contributed by atoms with E-state index < -0.39 is 0 Å². The van der Waals surface area contributed by atoms with E-state index in [9.17, 15) is 9.18 Å². The average molecular weight is 320 g/mol. The van der Waals surface area contributed by atoms with Crippen LogP contribution in [0.4, 0.5) is 15.0 Å². The van der Waals surface area contributed by atoms with Crippen LogP contribution in [-0.4, -0.2) is 33.6 Å². The maximum absolute atomic E-state index is 13.1. The first kappa shape index (κ1) is 17.0. The number of aliphatic hydroxyl groups excluding tert-OH is 1. The zero-order chi connectivity index (χ0) is 17.0. The molecule has 2 atom stereocenters. The van der Waals surface area contributed by atoms with Gasteiger partial charge in [0.2, 0.25) is 0 Å². The molecular formula is C16H21FN4O2. The van der Waals surface area contributed by atoms with Gasteiger partial charge in [0.25, 0.3) is 0 Å². The molecule has 0 radical (unpaired) electrons. The van der Waals surface area contributed by atoms with E-state index >= 15 is 0 Å². The molecule has 1 aromatic carbocycles. The van der Waals surface area contributed by atoms with Crippen molar-refractivity contribution < 1.29 is 14.3 Å². The second-order valence-corrected chi connectivity index (χ2v) is 5.62. The number of carbonyl (C=O) groups excluding carboxylic acids is 1. The predicted molar refractivity (Wildman–Crippen MR) is 86.1 cm³/mol. The number of rotatable bonds is 5. The standard InChI is InChI=1S/C16H21FN4O2/c1-10-8-13(17)4-5-14(10)21-7-6-15(20-21)19-16(23)18-12(3)11(2)9-22/h4-8,11-12,22H,9H2,1-3H3,(H2,18,19,20,23)/t11-,12-/m1/s1. The largest absolute Gasteiger partial charge is 0.396 e. The normalized spacial score (nSPS) is 13.4. The monoisotopic (exact) mass is 320 g/mol. The second-order valence-electron chi connectivity index (χ2n) is 5.62. The van der Waals surface area contributed by atoms with Gasteiger partial charge in [-0.25, -0.2) is 13.9 Å². The van der Waals surface area contributed by atoms with Crippen molar-refractivity contribution >= 4 is 11.8 Å². The zero-order valence-corrected chi connectivity index (χ0v) is 13.4. The van der Waals surface area contributed by atoms with Gasteiger partial charge in [0.15, 0.2) is 5.82 Å². The van der Waals surface area contributed by atoms with Crippen LogP contribution in [0.5, 0.6) is 0 Å². The van der Waals surface area contributed by atoms with Crippen LogP contribution in [0, 0.1) is 18.7 Å². The fourth-order valence-corrected chi connectivity index (χ4v) is 2.06. The number of aliphatic hydroxyl groups is 1. The molecule has 0 fully saturated rings. The molecule has 0 unspecified atom stereocenters. The third kappa shape index (κ3) is 4.29. The highest BCUT2D eigenvalue weighted by Crippen LogP contribution is 2.16. The highest BCUT2D eigenvalue weighted by molar-refractivity contribution is 5.88. The SMILES string of the molecule is Cc1cc(F)ccc1-n1ccc(NC(=O)N[C@H](C)[C@H](C)CO)n1. The predicted octanol–water partition coefficient (Wildman–Crippen LogP) is 2.46. The van der Waals surface area contributed by atoms with E-state index in [1.807, 2.05) is 13.8 Å². The molecule has 0 aliphatic rings. The Kier molecular flexibility index (Phi) is 5.33. The number of benzene rings is 1. The van der Waals surface area contributed by atoms with Gasteiger partial charge in [-0.1, -0.05) is 6.92 Å². The van der Waals surface area contributed by atoms with Crippen LogP contribution in [-0.2, 0) is 0 Å². The molecule has 2 rings (SSSR count). The Balaban J connectivity index is 2.03. The first-order chi connectivity index (χ1) is 10.9. The highest BCUT2D eigenvalue weighted by atomic mass is 19.1. The molecule has 0 saturated heterocycles. The van der Waals surface area contributed by atoms with Gasteiger partial charge in [-0.2, -0.15) is 0 Å². The van der Waals surface area contributed by atoms with Crippen LogP contribution in [0.2, 0.25) is 0 Å². The lowest BCUT2D eigenvalue weighted by Crippen LogP contribution is -2.40. The summed E-state index contributed by atoms with van der Waals surface area (Å²) in [5, 5.41) is 18.7. The number of urea groups is 1. The van der Waals surface area contributed by atoms with Crippen molar-refractivity contribution in [2.45, 2.75) is 26.8 Å². The zero-order valence-electron chi connectivity index (χ0n) is 13.4. The van der Waals surface area contributed by atoms with Gasteiger partial charge < -0.3 is 10.4 Å². The Morgan fingerprint density at radius 3 is 2.78 bits per heavy atom. The molecule has 6 nitrogen and oxygen atoms in total. The van der Waals surface area contributed by atoms with Crippen molar-refractivity contribution in [3.8, 4) is 5.69 Å². The van der Waals surface area contributed by atoms with Gasteiger partial charge in [0.05, 0.1) is 5.69 Å². The Hall–Kier alpha value is -2.41. The molecule has 0 spiro atoms. The smallest absolute Gasteiger partial charge is 0.320 e. The van der Waals surface area contributed by atoms with E-state index in [-0.39, 0.29) is 30.4 Å². The van der Waals surface area contributed by atoms with Crippen molar-refractivity contribution in [2.75, 3.05) is 11.9 Å². The van der Waals surface area contributed by atoms with Gasteiger partial charge >= 0.3 is 6.03 Å². The van der Waals surface area contributed by atoms with Gasteiger partial charge in [0.1, 0.15) is 5.82 Å². The van der Waals surface area contributed by atoms with Crippen molar-refractivity contribution in [3.05, 3.63) is 41.8 Å². The number of halogens is 1. The number of amides is 2. The van der Waals surface area contributed by atoms with E-state index in [1.165, 1.54) is 12.1 Å². The van der Waals surface area contributed by atoms with Crippen LogP contribution in [0.1, 0.15) is 19.4 Å². The van der Waals surface area contributed by atoms with Crippen LogP contribution in [0.15, 0.2) is 30.5 Å². The lowest BCUT2D eigenvalue weighted by Gasteiger charge is -2.19. The molecule has 2 aromatic rings. The quantitative estimate of drug-likeness (QED) is 0.792. The molecule has 23 heavy (non-hydrogen) atoms. The van der Waals surface area contributed by atoms with Gasteiger partial charge in [-0.05, 0) is 43.5 Å². The fourth-order valence-electron chi connectivity index (χ4n) is 2.06. The number of aryl methyl sites for hydroxylation is 1. The van der Waals surface area contributed by atoms with Crippen molar-refractivity contribution in [1.82, 2.24) is 15.1 Å². The molecular weight excluding hydrogens is 299 g/mol. The molecule has 3 N–H and O–H groups in total. The van der Waals surface area contributed by atoms with Crippen molar-refractivity contribution in [1.29, 1.82) is 0 Å². The Bertz CT molecular complexity index is 686. The first-order valence-corrected chi connectivity index (χ1v) is 7.41. The minimum Gasteiger partial charge on any atom is -0.396 e. The molecule has 0 bridgehead atoms. The minimum atomic E-state index is -0.390. The average Bonchev–Trinajstić information content (AvgIpc) is 2.94. The molecule has 0 aliphatic heterocycles. The number of nitrogens with one attached hydrogen (secondary N) is 2. The molecule has 124 valence electrons. The molecule has 2 amide bonds. The van der Waals surface area contributed by atoms with Gasteiger partial charge in [-0.3, -0.25) is 5.32 Å². The maximum Gasteiger partial charge on any atom is 0.320 e. The maximum atomic E-state index is 13.1. The summed E-state index contributed by atoms with van der Waals surface area (Å²) in [6.07, 6.45) is 1.69. The van der Waals surface area contributed by atoms with Gasteiger partial charge in [-0.15, -0.1) is 5.10 Å². The van der Waals surface area contributed by atoms with E-state index in [4.69, 9.17) is 5.11 Å². The van der Waals surface area contributed by atoms with E-state index in [2.05, 4.69) is 15.7 Å². The number of carbonyl (C=O) groups is 1. The summed E-state index contributed by atoms with van der Waals surface area (Å²) < 4.78 is 14.7. The Morgan fingerprint density at radius 1 is 1.39 bits per heavy atom. The lowest BCUT2D eigenvalue weighted by atomic mass is 10.1. The summed E-state index contributed by atoms with van der Waals surface area (Å²) in [6.45, 7) is 5.45. The number of hydrogen-bond donors (Lipinski definition) is 3. The summed E-state index contributed by atoms with van der Waals surface area (Å²) in [5.74, 6) is 0.0402. The number of hydrogen-bond acceptors (Lipinski definition) is 3. The van der Waals surface area contributed by atoms with E-state index in [0.717, 1.165) is 11.3 Å². The van der Waals surface area contributed by atoms with Crippen LogP contribution < -0.4 is 10.6 Å². The summed E-state index contributed by atoms with van der Waals surface area (Å²) in [6, 6.07) is 5.52. The summed E-state index contributed by atoms with van der Waals surface area (Å²) >= 11 is 0. The topological polar surface area (TPSA) is 79.2 Å². The summed E-state index contributed by atoms with van der Waals surface area (Å²) in [4.78, 5) is 11.9. The van der Waals surface area contributed by atoms with E-state index in [0.29, 0.717) is 5.82 Å². The third-order valence-electron chi connectivity index (χ3n) is 3.74. The Morgan fingerprint density at radius 2 is 2.13 bits per heavy atom. The number of anilines is 1. The third-order valence-corrected chi connectivity index (χ3v) is 3.74. The number of nitrogens with zero attached hydrogens (tertiary/aromatic N) is 2. The van der Waals surface area contributed by atoms with Crippen LogP contribution in [0.25, 0.3) is 5.69 Å². The summed E-state index contributed by atoms with van der Waals surface area (Å²) in [7, 11) is 0. The minimum absolute atomic E-state index is 0.0000821. The fraction of sp³-hybridized carbons (Fsp3) is 0.375. The van der Waals surface area contributed by atoms with E-state index in [1.54, 1.807) is 29.9 Å². The van der Waals surface area contributed by atoms with Crippen molar-refractivity contribution in [2.24, 2.45) is 5.92 Å². The molecule has 1 aromatic heterocycles. The molecule has 7 heteroatoms. The van der Waals surface area contributed by atoms with Crippen molar-refractivity contribution in [3.63, 3.8) is 0 Å². The second kappa shape index (κ2) is 7.23. The Labute approximate surface area is 134 Å². The number of aromatic nitrogens is 2. The van der Waals surface area contributed by atoms with Gasteiger partial charge in [0, 0.05) is 24.9 Å². The molecule has 0 aliphatic carbocycles. The highest BCUT2D eigenvalue weighted by Gasteiger charge is 2.14.